The third kappa shape index (κ3) is 1.25. The van der Waals surface area contributed by atoms with E-state index in [1.54, 1.807) is 5.56 Å². The topological polar surface area (TPSA) is 0 Å². The first-order chi connectivity index (χ1) is 5.25. The van der Waals surface area contributed by atoms with Gasteiger partial charge in [0.2, 0.25) is 0 Å². The Bertz CT molecular complexity index is 294. The molecule has 0 amide bonds. The second kappa shape index (κ2) is 2.49. The predicted molar refractivity (Wildman–Crippen MR) is 51.0 cm³/mol. The van der Waals surface area contributed by atoms with Crippen molar-refractivity contribution in [1.82, 2.24) is 0 Å². The molecule has 0 spiro atoms. The van der Waals surface area contributed by atoms with E-state index in [-0.39, 0.29) is 0 Å². The van der Waals surface area contributed by atoms with Crippen molar-refractivity contribution in [1.29, 1.82) is 0 Å². The molecule has 11 heavy (non-hydrogen) atoms. The Morgan fingerprint density at radius 3 is 3.18 bits per heavy atom. The maximum absolute atomic E-state index is 2.32. The molecule has 0 N–H and O–H groups in total. The van der Waals surface area contributed by atoms with Crippen LogP contribution in [0.15, 0.2) is 12.1 Å². The molecule has 0 saturated carbocycles. The lowest BCUT2D eigenvalue weighted by molar-refractivity contribution is 0.720. The quantitative estimate of drug-likeness (QED) is 0.552. The van der Waals surface area contributed by atoms with E-state index >= 15 is 0 Å². The van der Waals surface area contributed by atoms with Crippen molar-refractivity contribution in [2.75, 3.05) is 0 Å². The van der Waals surface area contributed by atoms with E-state index < -0.39 is 0 Å². The number of hydrogen-bond donors (Lipinski definition) is 0. The van der Waals surface area contributed by atoms with Gasteiger partial charge in [0.15, 0.2) is 0 Å². The minimum atomic E-state index is 0.733. The number of fused-ring (bicyclic) bond motifs is 1. The molecule has 0 radical (unpaired) electrons. The van der Waals surface area contributed by atoms with Gasteiger partial charge in [0.1, 0.15) is 0 Å². The fourth-order valence-corrected chi connectivity index (χ4v) is 2.52. The molecule has 0 bridgehead atoms. The van der Waals surface area contributed by atoms with Crippen molar-refractivity contribution in [3.63, 3.8) is 0 Å². The number of aryl methyl sites for hydroxylation is 1. The van der Waals surface area contributed by atoms with Gasteiger partial charge < -0.3 is 0 Å². The van der Waals surface area contributed by atoms with Gasteiger partial charge in [-0.3, -0.25) is 0 Å². The molecule has 1 aliphatic carbocycles. The Labute approximate surface area is 71.6 Å². The molecular weight excluding hydrogens is 152 g/mol. The summed E-state index contributed by atoms with van der Waals surface area (Å²) in [5.74, 6) is 0.733. The zero-order chi connectivity index (χ0) is 7.84. The Balaban J connectivity index is 2.44. The smallest absolute Gasteiger partial charge is 0.0302 e. The maximum atomic E-state index is 2.32. The van der Waals surface area contributed by atoms with Crippen molar-refractivity contribution >= 4 is 17.4 Å². The summed E-state index contributed by atoms with van der Waals surface area (Å²) >= 11 is 1.91. The van der Waals surface area contributed by atoms with Gasteiger partial charge in [-0.1, -0.05) is 13.0 Å². The van der Waals surface area contributed by atoms with Gasteiger partial charge in [-0.05, 0) is 37.0 Å². The standard InChI is InChI=1S/C10H12S/c1-7-3-4-10-9(5-7)6-8(2)11-10/h3-4,6-7H,5H2,1-2H3. The molecule has 1 aromatic heterocycles. The zero-order valence-corrected chi connectivity index (χ0v) is 7.74. The zero-order valence-electron chi connectivity index (χ0n) is 6.92. The van der Waals surface area contributed by atoms with Gasteiger partial charge in [-0.25, -0.2) is 0 Å². The highest BCUT2D eigenvalue weighted by molar-refractivity contribution is 7.13. The molecule has 0 aromatic carbocycles. The number of rotatable bonds is 0. The van der Waals surface area contributed by atoms with Crippen LogP contribution in [0.1, 0.15) is 22.2 Å². The molecule has 2 rings (SSSR count). The summed E-state index contributed by atoms with van der Waals surface area (Å²) in [6.07, 6.45) is 5.80. The van der Waals surface area contributed by atoms with E-state index in [2.05, 4.69) is 32.1 Å². The Kier molecular flexibility index (Phi) is 1.61. The van der Waals surface area contributed by atoms with Crippen LogP contribution >= 0.6 is 11.3 Å². The fraction of sp³-hybridized carbons (Fsp3) is 0.400. The molecule has 58 valence electrons. The van der Waals surface area contributed by atoms with E-state index in [0.29, 0.717) is 0 Å². The van der Waals surface area contributed by atoms with Crippen LogP contribution in [0.2, 0.25) is 0 Å². The Morgan fingerprint density at radius 1 is 1.55 bits per heavy atom. The normalized spacial score (nSPS) is 21.8. The fourth-order valence-electron chi connectivity index (χ4n) is 1.55. The highest BCUT2D eigenvalue weighted by Crippen LogP contribution is 2.29. The third-order valence-corrected chi connectivity index (χ3v) is 3.14. The van der Waals surface area contributed by atoms with Crippen LogP contribution < -0.4 is 0 Å². The van der Waals surface area contributed by atoms with Gasteiger partial charge in [-0.2, -0.15) is 0 Å². The van der Waals surface area contributed by atoms with Crippen LogP contribution in [0.25, 0.3) is 6.08 Å². The first kappa shape index (κ1) is 7.11. The van der Waals surface area contributed by atoms with Crippen LogP contribution in [0.5, 0.6) is 0 Å². The highest BCUT2D eigenvalue weighted by atomic mass is 32.1. The second-order valence-electron chi connectivity index (χ2n) is 3.29. The summed E-state index contributed by atoms with van der Waals surface area (Å²) in [5, 5.41) is 0. The van der Waals surface area contributed by atoms with E-state index in [1.165, 1.54) is 16.2 Å². The van der Waals surface area contributed by atoms with Crippen molar-refractivity contribution in [3.8, 4) is 0 Å². The summed E-state index contributed by atoms with van der Waals surface area (Å²) < 4.78 is 0. The van der Waals surface area contributed by atoms with Crippen molar-refractivity contribution in [3.05, 3.63) is 27.5 Å². The monoisotopic (exact) mass is 164 g/mol. The third-order valence-electron chi connectivity index (χ3n) is 2.08. The van der Waals surface area contributed by atoms with Crippen LogP contribution in [0.4, 0.5) is 0 Å². The lowest BCUT2D eigenvalue weighted by atomic mass is 9.96. The molecule has 0 saturated heterocycles. The first-order valence-corrected chi connectivity index (χ1v) is 4.85. The van der Waals surface area contributed by atoms with Crippen molar-refractivity contribution in [2.45, 2.75) is 20.3 Å². The summed E-state index contributed by atoms with van der Waals surface area (Å²) in [7, 11) is 0. The van der Waals surface area contributed by atoms with E-state index in [9.17, 15) is 0 Å². The van der Waals surface area contributed by atoms with Gasteiger partial charge in [0.25, 0.3) is 0 Å². The first-order valence-electron chi connectivity index (χ1n) is 4.03. The Morgan fingerprint density at radius 2 is 2.36 bits per heavy atom. The van der Waals surface area contributed by atoms with E-state index in [1.807, 2.05) is 11.3 Å². The molecule has 1 heteroatoms. The van der Waals surface area contributed by atoms with Gasteiger partial charge in [0, 0.05) is 9.75 Å². The number of thiophene rings is 1. The van der Waals surface area contributed by atoms with Crippen molar-refractivity contribution < 1.29 is 0 Å². The van der Waals surface area contributed by atoms with E-state index in [4.69, 9.17) is 0 Å². The predicted octanol–water partition coefficient (Wildman–Crippen LogP) is 3.26. The average Bonchev–Trinajstić information content (AvgIpc) is 2.27. The number of hydrogen-bond acceptors (Lipinski definition) is 1. The average molecular weight is 164 g/mol. The minimum Gasteiger partial charge on any atom is -0.141 e. The van der Waals surface area contributed by atoms with Crippen molar-refractivity contribution in [2.24, 2.45) is 5.92 Å². The molecular formula is C10H12S. The molecule has 0 aliphatic heterocycles. The molecule has 0 fully saturated rings. The molecule has 1 atom stereocenters. The summed E-state index contributed by atoms with van der Waals surface area (Å²) in [4.78, 5) is 2.91. The van der Waals surface area contributed by atoms with Gasteiger partial charge in [-0.15, -0.1) is 11.3 Å². The molecule has 1 heterocycles. The minimum absolute atomic E-state index is 0.733. The Hall–Kier alpha value is -0.560. The maximum Gasteiger partial charge on any atom is 0.0302 e. The lowest BCUT2D eigenvalue weighted by Crippen LogP contribution is -1.99. The number of allylic oxidation sites excluding steroid dienone is 1. The second-order valence-corrected chi connectivity index (χ2v) is 4.57. The molecule has 1 unspecified atom stereocenters. The van der Waals surface area contributed by atoms with Crippen LogP contribution in [0.3, 0.4) is 0 Å². The van der Waals surface area contributed by atoms with Gasteiger partial charge in [0.05, 0.1) is 0 Å². The molecule has 1 aromatic rings. The van der Waals surface area contributed by atoms with Crippen LogP contribution in [-0.4, -0.2) is 0 Å². The van der Waals surface area contributed by atoms with E-state index in [0.717, 1.165) is 5.92 Å². The summed E-state index contributed by atoms with van der Waals surface area (Å²) in [6.45, 7) is 4.45. The summed E-state index contributed by atoms with van der Waals surface area (Å²) in [6, 6.07) is 2.32. The van der Waals surface area contributed by atoms with Gasteiger partial charge >= 0.3 is 0 Å². The highest BCUT2D eigenvalue weighted by Gasteiger charge is 2.11. The van der Waals surface area contributed by atoms with Crippen LogP contribution in [-0.2, 0) is 6.42 Å². The molecule has 0 nitrogen and oxygen atoms in total. The molecule has 1 aliphatic rings. The lowest BCUT2D eigenvalue weighted by Gasteiger charge is -2.10. The summed E-state index contributed by atoms with van der Waals surface area (Å²) in [5.41, 5.74) is 1.54. The van der Waals surface area contributed by atoms with Crippen LogP contribution in [0, 0.1) is 12.8 Å². The largest absolute Gasteiger partial charge is 0.141 e. The SMILES string of the molecule is Cc1cc2c(s1)C=CC(C)C2.